The Morgan fingerprint density at radius 2 is 2.14 bits per heavy atom. The van der Waals surface area contributed by atoms with Crippen molar-refractivity contribution in [3.63, 3.8) is 0 Å². The van der Waals surface area contributed by atoms with E-state index in [0.29, 0.717) is 28.4 Å². The maximum Gasteiger partial charge on any atom is 0.288 e. The van der Waals surface area contributed by atoms with Gasteiger partial charge in [-0.2, -0.15) is 0 Å². The highest BCUT2D eigenvalue weighted by atomic mass is 32.2. The van der Waals surface area contributed by atoms with Gasteiger partial charge in [0.05, 0.1) is 18.6 Å². The van der Waals surface area contributed by atoms with Gasteiger partial charge in [0.1, 0.15) is 16.3 Å². The summed E-state index contributed by atoms with van der Waals surface area (Å²) < 4.78 is 22.8. The molecule has 0 fully saturated rings. The first-order valence-corrected chi connectivity index (χ1v) is 7.52. The molecule has 3 aromatic rings. The molecule has 6 nitrogen and oxygen atoms in total. The molecule has 2 heterocycles. The lowest BCUT2D eigenvalue weighted by Crippen LogP contribution is -2.00. The number of nitrogens with zero attached hydrogens (tertiary/aromatic N) is 2. The van der Waals surface area contributed by atoms with Crippen LogP contribution in [-0.4, -0.2) is 21.3 Å². The fraction of sp³-hybridized carbons (Fsp3) is 0.143. The molecule has 1 unspecified atom stereocenters. The minimum Gasteiger partial charge on any atom is -0.481 e. The number of benzene rings is 1. The molecule has 0 amide bonds. The van der Waals surface area contributed by atoms with Gasteiger partial charge in [0.15, 0.2) is 5.58 Å². The molecular formula is C14H13N3O3S. The Labute approximate surface area is 123 Å². The number of pyridine rings is 1. The average molecular weight is 303 g/mol. The molecule has 0 saturated heterocycles. The minimum absolute atomic E-state index is 0.167. The van der Waals surface area contributed by atoms with Crippen molar-refractivity contribution < 1.29 is 13.4 Å². The third kappa shape index (κ3) is 2.87. The highest BCUT2D eigenvalue weighted by Crippen LogP contribution is 2.21. The Morgan fingerprint density at radius 1 is 1.29 bits per heavy atom. The van der Waals surface area contributed by atoms with Crippen molar-refractivity contribution in [1.82, 2.24) is 9.97 Å². The first-order chi connectivity index (χ1) is 10.2. The van der Waals surface area contributed by atoms with Crippen LogP contribution in [0.5, 0.6) is 5.88 Å². The summed E-state index contributed by atoms with van der Waals surface area (Å²) in [7, 11) is 0.115. The Morgan fingerprint density at radius 3 is 2.95 bits per heavy atom. The smallest absolute Gasteiger partial charge is 0.288 e. The van der Waals surface area contributed by atoms with Gasteiger partial charge in [0, 0.05) is 17.8 Å². The summed E-state index contributed by atoms with van der Waals surface area (Å²) in [6, 6.07) is 10.4. The normalized spacial score (nSPS) is 12.4. The largest absolute Gasteiger partial charge is 0.481 e. The van der Waals surface area contributed by atoms with Gasteiger partial charge in [-0.3, -0.25) is 0 Å². The first-order valence-electron chi connectivity index (χ1n) is 6.20. The fourth-order valence-electron chi connectivity index (χ4n) is 1.87. The molecule has 2 aromatic heterocycles. The van der Waals surface area contributed by atoms with Crippen LogP contribution in [0, 0.1) is 0 Å². The number of hydrogen-bond donors (Lipinski definition) is 1. The molecule has 0 bridgehead atoms. The van der Waals surface area contributed by atoms with E-state index < -0.39 is 10.8 Å². The summed E-state index contributed by atoms with van der Waals surface area (Å²) in [6.07, 6.45) is 0. The van der Waals surface area contributed by atoms with Crippen molar-refractivity contribution in [1.29, 1.82) is 0 Å². The fourth-order valence-corrected chi connectivity index (χ4v) is 2.80. The molecular weight excluding hydrogens is 290 g/mol. The Balaban J connectivity index is 1.86. The predicted molar refractivity (Wildman–Crippen MR) is 79.3 cm³/mol. The maximum absolute atomic E-state index is 12.3. The molecule has 0 radical (unpaired) electrons. The average Bonchev–Trinajstić information content (AvgIpc) is 2.90. The number of methoxy groups -OCH3 is 1. The SMILES string of the molecule is COc1cccc(CS(=O)c2nc3ccc(N)cc3o2)n1. The monoisotopic (exact) mass is 303 g/mol. The van der Waals surface area contributed by atoms with Gasteiger partial charge in [-0.1, -0.05) is 6.07 Å². The summed E-state index contributed by atoms with van der Waals surface area (Å²) in [4.78, 5) is 8.43. The zero-order valence-electron chi connectivity index (χ0n) is 11.3. The van der Waals surface area contributed by atoms with E-state index >= 15 is 0 Å². The molecule has 2 N–H and O–H groups in total. The summed E-state index contributed by atoms with van der Waals surface area (Å²) >= 11 is 0. The summed E-state index contributed by atoms with van der Waals surface area (Å²) in [5.41, 5.74) is 8.06. The zero-order valence-corrected chi connectivity index (χ0v) is 12.1. The van der Waals surface area contributed by atoms with Crippen LogP contribution in [0.4, 0.5) is 5.69 Å². The van der Waals surface area contributed by atoms with Crippen LogP contribution in [0.1, 0.15) is 5.69 Å². The van der Waals surface area contributed by atoms with Gasteiger partial charge in [0.2, 0.25) is 5.88 Å². The number of oxazole rings is 1. The molecule has 3 rings (SSSR count). The van der Waals surface area contributed by atoms with E-state index in [2.05, 4.69) is 9.97 Å². The molecule has 21 heavy (non-hydrogen) atoms. The molecule has 0 aliphatic heterocycles. The quantitative estimate of drug-likeness (QED) is 0.742. The van der Waals surface area contributed by atoms with Crippen LogP contribution in [0.25, 0.3) is 11.1 Å². The number of nitrogens with two attached hydrogens (primary N) is 1. The van der Waals surface area contributed by atoms with Crippen LogP contribution in [0.2, 0.25) is 0 Å². The van der Waals surface area contributed by atoms with E-state index in [9.17, 15) is 4.21 Å². The van der Waals surface area contributed by atoms with E-state index in [0.717, 1.165) is 0 Å². The van der Waals surface area contributed by atoms with E-state index in [1.54, 1.807) is 36.4 Å². The number of hydrogen-bond acceptors (Lipinski definition) is 6. The lowest BCUT2D eigenvalue weighted by molar-refractivity contribution is 0.396. The van der Waals surface area contributed by atoms with E-state index in [-0.39, 0.29) is 11.0 Å². The maximum atomic E-state index is 12.3. The van der Waals surface area contributed by atoms with Crippen LogP contribution >= 0.6 is 0 Å². The topological polar surface area (TPSA) is 91.2 Å². The zero-order chi connectivity index (χ0) is 14.8. The van der Waals surface area contributed by atoms with Crippen molar-refractivity contribution >= 4 is 27.6 Å². The van der Waals surface area contributed by atoms with E-state index in [4.69, 9.17) is 14.9 Å². The van der Waals surface area contributed by atoms with Gasteiger partial charge >= 0.3 is 0 Å². The number of fused-ring (bicyclic) bond motifs is 1. The standard InChI is InChI=1S/C14H13N3O3S/c1-19-13-4-2-3-10(16-13)8-21(18)14-17-11-6-5-9(15)7-12(11)20-14/h2-7H,8,15H2,1H3. The first kappa shape index (κ1) is 13.6. The van der Waals surface area contributed by atoms with Crippen molar-refractivity contribution in [2.45, 2.75) is 11.0 Å². The molecule has 1 aromatic carbocycles. The van der Waals surface area contributed by atoms with Crippen molar-refractivity contribution in [3.8, 4) is 5.88 Å². The number of rotatable bonds is 4. The van der Waals surface area contributed by atoms with E-state index in [1.807, 2.05) is 0 Å². The summed E-state index contributed by atoms with van der Waals surface area (Å²) in [6.45, 7) is 0. The van der Waals surface area contributed by atoms with Crippen LogP contribution < -0.4 is 10.5 Å². The molecule has 108 valence electrons. The summed E-state index contributed by atoms with van der Waals surface area (Å²) in [5.74, 6) is 0.689. The highest BCUT2D eigenvalue weighted by molar-refractivity contribution is 7.84. The van der Waals surface area contributed by atoms with Crippen molar-refractivity contribution in [2.75, 3.05) is 12.8 Å². The highest BCUT2D eigenvalue weighted by Gasteiger charge is 2.14. The molecule has 0 aliphatic rings. The number of ether oxygens (including phenoxy) is 1. The third-order valence-corrected chi connectivity index (χ3v) is 3.98. The van der Waals surface area contributed by atoms with Crippen molar-refractivity contribution in [3.05, 3.63) is 42.1 Å². The number of nitrogen functional groups attached to an aromatic ring is 1. The lowest BCUT2D eigenvalue weighted by atomic mass is 10.3. The number of aromatic nitrogens is 2. The Hall–Kier alpha value is -2.41. The molecule has 0 aliphatic carbocycles. The van der Waals surface area contributed by atoms with Gasteiger partial charge in [-0.15, -0.1) is 0 Å². The van der Waals surface area contributed by atoms with Crippen LogP contribution in [-0.2, 0) is 16.6 Å². The van der Waals surface area contributed by atoms with Crippen molar-refractivity contribution in [2.24, 2.45) is 0 Å². The second-order valence-corrected chi connectivity index (χ2v) is 5.70. The second-order valence-electron chi connectivity index (χ2n) is 4.37. The summed E-state index contributed by atoms with van der Waals surface area (Å²) in [5, 5.41) is 0.167. The number of anilines is 1. The third-order valence-electron chi connectivity index (χ3n) is 2.86. The van der Waals surface area contributed by atoms with Gasteiger partial charge in [-0.25, -0.2) is 14.2 Å². The molecule has 1 atom stereocenters. The van der Waals surface area contributed by atoms with Gasteiger partial charge in [-0.05, 0) is 18.2 Å². The molecule has 7 heteroatoms. The molecule has 0 spiro atoms. The minimum atomic E-state index is -1.42. The molecule has 0 saturated carbocycles. The van der Waals surface area contributed by atoms with Crippen LogP contribution in [0.3, 0.4) is 0 Å². The van der Waals surface area contributed by atoms with Gasteiger partial charge in [0.25, 0.3) is 5.22 Å². The van der Waals surface area contributed by atoms with Crippen LogP contribution in [0.15, 0.2) is 46.0 Å². The Kier molecular flexibility index (Phi) is 3.57. The Bertz CT molecular complexity index is 816. The van der Waals surface area contributed by atoms with Gasteiger partial charge < -0.3 is 14.9 Å². The lowest BCUT2D eigenvalue weighted by Gasteiger charge is -2.01. The second kappa shape index (κ2) is 5.53. The predicted octanol–water partition coefficient (Wildman–Crippen LogP) is 2.12. The van der Waals surface area contributed by atoms with E-state index in [1.165, 1.54) is 7.11 Å².